The van der Waals surface area contributed by atoms with E-state index in [4.69, 9.17) is 35.4 Å². The minimum Gasteiger partial charge on any atom is -0.465 e. The quantitative estimate of drug-likeness (QED) is 0.564. The second kappa shape index (κ2) is 8.47. The molecule has 2 rings (SSSR count). The van der Waals surface area contributed by atoms with Crippen LogP contribution in [0.4, 0.5) is 5.00 Å². The van der Waals surface area contributed by atoms with Crippen LogP contribution in [0.2, 0.25) is 10.0 Å². The SMILES string of the molecule is COC(=O)c1sc(NC(=S)NC(=O)c2ccc(Cl)c(Cl)c2)c(C#N)c1C. The lowest BCUT2D eigenvalue weighted by atomic mass is 10.2. The number of nitrogens with zero attached hydrogens (tertiary/aromatic N) is 1. The van der Waals surface area contributed by atoms with E-state index in [9.17, 15) is 14.9 Å². The number of hydrogen-bond acceptors (Lipinski definition) is 6. The lowest BCUT2D eigenvalue weighted by molar-refractivity contribution is 0.0605. The predicted molar refractivity (Wildman–Crippen MR) is 105 cm³/mol. The number of methoxy groups -OCH3 is 1. The molecule has 0 radical (unpaired) electrons. The van der Waals surface area contributed by atoms with Crippen LogP contribution < -0.4 is 10.6 Å². The van der Waals surface area contributed by atoms with Crippen LogP contribution in [-0.2, 0) is 4.74 Å². The zero-order chi connectivity index (χ0) is 19.4. The van der Waals surface area contributed by atoms with Crippen molar-refractivity contribution in [1.29, 1.82) is 5.26 Å². The molecule has 26 heavy (non-hydrogen) atoms. The van der Waals surface area contributed by atoms with Crippen LogP contribution in [0.25, 0.3) is 0 Å². The highest BCUT2D eigenvalue weighted by Crippen LogP contribution is 2.33. The highest BCUT2D eigenvalue weighted by molar-refractivity contribution is 7.80. The number of hydrogen-bond donors (Lipinski definition) is 2. The number of esters is 1. The Kier molecular flexibility index (Phi) is 6.56. The van der Waals surface area contributed by atoms with Gasteiger partial charge in [-0.3, -0.25) is 10.1 Å². The highest BCUT2D eigenvalue weighted by Gasteiger charge is 2.21. The largest absolute Gasteiger partial charge is 0.465 e. The van der Waals surface area contributed by atoms with Crippen LogP contribution in [0, 0.1) is 18.3 Å². The van der Waals surface area contributed by atoms with Gasteiger partial charge in [0.2, 0.25) is 0 Å². The molecule has 1 amide bonds. The van der Waals surface area contributed by atoms with Gasteiger partial charge in [0.15, 0.2) is 5.11 Å². The smallest absolute Gasteiger partial charge is 0.348 e. The van der Waals surface area contributed by atoms with Crippen molar-refractivity contribution in [3.63, 3.8) is 0 Å². The van der Waals surface area contributed by atoms with Gasteiger partial charge in [-0.25, -0.2) is 4.79 Å². The molecule has 0 aliphatic heterocycles. The summed E-state index contributed by atoms with van der Waals surface area (Å²) >= 11 is 17.8. The third-order valence-corrected chi connectivity index (χ3v) is 5.40. The van der Waals surface area contributed by atoms with Gasteiger partial charge in [0, 0.05) is 5.56 Å². The Morgan fingerprint density at radius 3 is 2.58 bits per heavy atom. The molecule has 0 saturated heterocycles. The third-order valence-electron chi connectivity index (χ3n) is 3.27. The summed E-state index contributed by atoms with van der Waals surface area (Å²) in [5, 5.41) is 15.4. The molecular formula is C16H11Cl2N3O3S2. The van der Waals surface area contributed by atoms with E-state index in [2.05, 4.69) is 15.4 Å². The van der Waals surface area contributed by atoms with Crippen molar-refractivity contribution >= 4 is 68.7 Å². The second-order valence-electron chi connectivity index (χ2n) is 4.90. The van der Waals surface area contributed by atoms with E-state index in [-0.39, 0.29) is 26.1 Å². The molecule has 10 heteroatoms. The molecule has 0 aliphatic carbocycles. The lowest BCUT2D eigenvalue weighted by Crippen LogP contribution is -2.34. The molecule has 6 nitrogen and oxygen atoms in total. The zero-order valence-corrected chi connectivity index (χ0v) is 16.6. The van der Waals surface area contributed by atoms with Crippen LogP contribution in [0.15, 0.2) is 18.2 Å². The molecule has 0 atom stereocenters. The number of thiophene rings is 1. The molecule has 2 N–H and O–H groups in total. The summed E-state index contributed by atoms with van der Waals surface area (Å²) in [6, 6.07) is 6.40. The maximum absolute atomic E-state index is 12.2. The Morgan fingerprint density at radius 1 is 1.31 bits per heavy atom. The molecule has 0 fully saturated rings. The van der Waals surface area contributed by atoms with Crippen molar-refractivity contribution in [2.24, 2.45) is 0 Å². The molecule has 1 aromatic heterocycles. The van der Waals surface area contributed by atoms with Crippen molar-refractivity contribution in [3.05, 3.63) is 49.8 Å². The topological polar surface area (TPSA) is 91.2 Å². The predicted octanol–water partition coefficient (Wildman–Crippen LogP) is 4.15. The molecular weight excluding hydrogens is 417 g/mol. The standard InChI is InChI=1S/C16H11Cl2N3O3S2/c1-7-9(6-19)14(26-12(7)15(23)24-2)21-16(25)20-13(22)8-3-4-10(17)11(18)5-8/h3-5H,1-2H3,(H2,20,21,22,25). The van der Waals surface area contributed by atoms with Gasteiger partial charge in [0.1, 0.15) is 15.9 Å². The Bertz CT molecular complexity index is 951. The summed E-state index contributed by atoms with van der Waals surface area (Å²) in [7, 11) is 1.25. The van der Waals surface area contributed by atoms with Crippen LogP contribution in [0.5, 0.6) is 0 Å². The molecule has 0 bridgehead atoms. The number of carbonyl (C=O) groups excluding carboxylic acids is 2. The lowest BCUT2D eigenvalue weighted by Gasteiger charge is -2.09. The van der Waals surface area contributed by atoms with Crippen molar-refractivity contribution in [2.45, 2.75) is 6.92 Å². The van der Waals surface area contributed by atoms with E-state index in [0.29, 0.717) is 15.6 Å². The Labute approximate surface area is 168 Å². The number of rotatable bonds is 3. The second-order valence-corrected chi connectivity index (χ2v) is 7.14. The minimum absolute atomic E-state index is 0.0322. The number of anilines is 1. The first-order valence-corrected chi connectivity index (χ1v) is 8.95. The number of thiocarbonyl (C=S) groups is 1. The average molecular weight is 428 g/mol. The van der Waals surface area contributed by atoms with Crippen LogP contribution in [0.3, 0.4) is 0 Å². The Hall–Kier alpha value is -2.18. The number of amides is 1. The zero-order valence-electron chi connectivity index (χ0n) is 13.5. The monoisotopic (exact) mass is 427 g/mol. The van der Waals surface area contributed by atoms with Gasteiger partial charge in [0.25, 0.3) is 5.91 Å². The molecule has 0 spiro atoms. The van der Waals surface area contributed by atoms with Gasteiger partial charge < -0.3 is 10.1 Å². The molecule has 1 heterocycles. The summed E-state index contributed by atoms with van der Waals surface area (Å²) < 4.78 is 4.69. The fourth-order valence-corrected chi connectivity index (χ4v) is 3.61. The first-order chi connectivity index (χ1) is 12.3. The van der Waals surface area contributed by atoms with Crippen LogP contribution >= 0.6 is 46.8 Å². The molecule has 1 aromatic carbocycles. The van der Waals surface area contributed by atoms with Crippen molar-refractivity contribution in [2.75, 3.05) is 12.4 Å². The van der Waals surface area contributed by atoms with Gasteiger partial charge in [-0.2, -0.15) is 5.26 Å². The number of carbonyl (C=O) groups is 2. The van der Waals surface area contributed by atoms with E-state index in [1.54, 1.807) is 6.92 Å². The van der Waals surface area contributed by atoms with Gasteiger partial charge >= 0.3 is 5.97 Å². The van der Waals surface area contributed by atoms with Crippen LogP contribution in [0.1, 0.15) is 31.2 Å². The van der Waals surface area contributed by atoms with Gasteiger partial charge in [0.05, 0.1) is 22.7 Å². The maximum Gasteiger partial charge on any atom is 0.348 e. The summed E-state index contributed by atoms with van der Waals surface area (Å²) in [6.45, 7) is 1.63. The highest BCUT2D eigenvalue weighted by atomic mass is 35.5. The Morgan fingerprint density at radius 2 is 2.00 bits per heavy atom. The summed E-state index contributed by atoms with van der Waals surface area (Å²) in [6.07, 6.45) is 0. The molecule has 2 aromatic rings. The fourth-order valence-electron chi connectivity index (χ4n) is 1.97. The fraction of sp³-hybridized carbons (Fsp3) is 0.125. The molecule has 0 saturated carbocycles. The first kappa shape index (κ1) is 20.1. The van der Waals surface area contributed by atoms with Gasteiger partial charge in [-0.1, -0.05) is 23.2 Å². The van der Waals surface area contributed by atoms with E-state index in [1.807, 2.05) is 6.07 Å². The van der Waals surface area contributed by atoms with E-state index in [0.717, 1.165) is 11.3 Å². The number of ether oxygens (including phenoxy) is 1. The number of nitriles is 1. The summed E-state index contributed by atoms with van der Waals surface area (Å²) in [4.78, 5) is 24.2. The summed E-state index contributed by atoms with van der Waals surface area (Å²) in [5.41, 5.74) is 0.994. The minimum atomic E-state index is -0.553. The Balaban J connectivity index is 2.17. The molecule has 0 aliphatic rings. The normalized spacial score (nSPS) is 9.96. The molecule has 134 valence electrons. The number of halogens is 2. The van der Waals surface area contributed by atoms with Gasteiger partial charge in [-0.15, -0.1) is 11.3 Å². The van der Waals surface area contributed by atoms with Crippen molar-refractivity contribution in [1.82, 2.24) is 5.32 Å². The first-order valence-electron chi connectivity index (χ1n) is 6.97. The average Bonchev–Trinajstić information content (AvgIpc) is 2.91. The van der Waals surface area contributed by atoms with E-state index in [1.165, 1.54) is 25.3 Å². The van der Waals surface area contributed by atoms with E-state index >= 15 is 0 Å². The van der Waals surface area contributed by atoms with Crippen molar-refractivity contribution < 1.29 is 14.3 Å². The van der Waals surface area contributed by atoms with Crippen molar-refractivity contribution in [3.8, 4) is 6.07 Å². The number of nitrogens with one attached hydrogen (secondary N) is 2. The maximum atomic E-state index is 12.2. The third kappa shape index (κ3) is 4.31. The molecule has 0 unspecified atom stereocenters. The van der Waals surface area contributed by atoms with Gasteiger partial charge in [-0.05, 0) is 42.9 Å². The summed E-state index contributed by atoms with van der Waals surface area (Å²) in [5.74, 6) is -1.05. The van der Waals surface area contributed by atoms with Crippen LogP contribution in [-0.4, -0.2) is 24.1 Å². The van der Waals surface area contributed by atoms with E-state index < -0.39 is 11.9 Å². The number of benzene rings is 1.